The van der Waals surface area contributed by atoms with Gasteiger partial charge in [-0.2, -0.15) is 5.10 Å². The molecule has 3 N–H and O–H groups in total. The maximum absolute atomic E-state index is 12.6. The molecule has 2 heterocycles. The first kappa shape index (κ1) is 18.4. The van der Waals surface area contributed by atoms with E-state index in [9.17, 15) is 8.42 Å². The van der Waals surface area contributed by atoms with E-state index in [-0.39, 0.29) is 17.5 Å². The molecule has 1 unspecified atom stereocenters. The summed E-state index contributed by atoms with van der Waals surface area (Å²) in [6.45, 7) is 7.55. The van der Waals surface area contributed by atoms with E-state index in [1.165, 1.54) is 6.20 Å². The predicted octanol–water partition coefficient (Wildman–Crippen LogP) is 1.28. The average molecular weight is 344 g/mol. The lowest BCUT2D eigenvalue weighted by Gasteiger charge is -2.30. The van der Waals surface area contributed by atoms with E-state index < -0.39 is 15.6 Å². The van der Waals surface area contributed by atoms with Crippen LogP contribution < -0.4 is 10.5 Å². The standard InChI is InChI=1S/C15H28N4O3S/c1-12(2)8-15(3,11-16)18-23(20,21)14-9-17-19(10-14)13-4-6-22-7-5-13/h9-10,12-13,18H,4-8,11,16H2,1-3H3. The lowest BCUT2D eigenvalue weighted by Crippen LogP contribution is -2.51. The van der Waals surface area contributed by atoms with Crippen LogP contribution in [0.15, 0.2) is 17.3 Å². The Bertz CT molecular complexity index is 608. The van der Waals surface area contributed by atoms with Crippen LogP contribution in [0.25, 0.3) is 0 Å². The molecule has 0 aliphatic carbocycles. The smallest absolute Gasteiger partial charge is 0.244 e. The molecule has 23 heavy (non-hydrogen) atoms. The summed E-state index contributed by atoms with van der Waals surface area (Å²) in [6, 6.07) is 0.198. The van der Waals surface area contributed by atoms with Gasteiger partial charge in [0.25, 0.3) is 0 Å². The maximum atomic E-state index is 12.6. The molecule has 1 aromatic rings. The minimum Gasteiger partial charge on any atom is -0.381 e. The van der Waals surface area contributed by atoms with Crippen LogP contribution in [-0.2, 0) is 14.8 Å². The molecule has 1 aromatic heterocycles. The zero-order valence-electron chi connectivity index (χ0n) is 14.2. The van der Waals surface area contributed by atoms with Crippen molar-refractivity contribution >= 4 is 10.0 Å². The highest BCUT2D eigenvalue weighted by Gasteiger charge is 2.31. The van der Waals surface area contributed by atoms with Crippen LogP contribution in [0.1, 0.15) is 46.1 Å². The molecule has 8 heteroatoms. The van der Waals surface area contributed by atoms with Gasteiger partial charge in [0.1, 0.15) is 4.90 Å². The molecule has 0 spiro atoms. The lowest BCUT2D eigenvalue weighted by molar-refractivity contribution is 0.0662. The van der Waals surface area contributed by atoms with Gasteiger partial charge in [-0.05, 0) is 32.1 Å². The molecule has 0 amide bonds. The highest BCUT2D eigenvalue weighted by Crippen LogP contribution is 2.23. The van der Waals surface area contributed by atoms with Crippen LogP contribution in [0.3, 0.4) is 0 Å². The fraction of sp³-hybridized carbons (Fsp3) is 0.800. The van der Waals surface area contributed by atoms with Crippen molar-refractivity contribution in [3.8, 4) is 0 Å². The van der Waals surface area contributed by atoms with Crippen LogP contribution >= 0.6 is 0 Å². The predicted molar refractivity (Wildman–Crippen MR) is 88.6 cm³/mol. The van der Waals surface area contributed by atoms with E-state index in [0.717, 1.165) is 12.8 Å². The van der Waals surface area contributed by atoms with Gasteiger partial charge in [-0.15, -0.1) is 0 Å². The Balaban J connectivity index is 2.14. The Morgan fingerprint density at radius 3 is 2.70 bits per heavy atom. The quantitative estimate of drug-likeness (QED) is 0.776. The molecular weight excluding hydrogens is 316 g/mol. The molecule has 1 aliphatic rings. The number of nitrogens with two attached hydrogens (primary N) is 1. The Morgan fingerprint density at radius 2 is 2.13 bits per heavy atom. The van der Waals surface area contributed by atoms with Crippen molar-refractivity contribution in [2.24, 2.45) is 11.7 Å². The van der Waals surface area contributed by atoms with Crippen molar-refractivity contribution in [1.29, 1.82) is 0 Å². The normalized spacial score (nSPS) is 19.9. The van der Waals surface area contributed by atoms with Crippen LogP contribution in [-0.4, -0.2) is 43.5 Å². The van der Waals surface area contributed by atoms with Crippen molar-refractivity contribution in [2.75, 3.05) is 19.8 Å². The molecular formula is C15H28N4O3S. The monoisotopic (exact) mass is 344 g/mol. The van der Waals surface area contributed by atoms with E-state index in [0.29, 0.717) is 25.6 Å². The summed E-state index contributed by atoms with van der Waals surface area (Å²) in [6.07, 6.45) is 5.39. The van der Waals surface area contributed by atoms with Gasteiger partial charge in [-0.25, -0.2) is 13.1 Å². The summed E-state index contributed by atoms with van der Waals surface area (Å²) >= 11 is 0. The van der Waals surface area contributed by atoms with Crippen LogP contribution in [0, 0.1) is 5.92 Å². The van der Waals surface area contributed by atoms with Crippen LogP contribution in [0.5, 0.6) is 0 Å². The number of sulfonamides is 1. The van der Waals surface area contributed by atoms with Crippen molar-refractivity contribution in [3.63, 3.8) is 0 Å². The molecule has 2 rings (SSSR count). The molecule has 1 fully saturated rings. The molecule has 7 nitrogen and oxygen atoms in total. The fourth-order valence-corrected chi connectivity index (χ4v) is 4.43. The topological polar surface area (TPSA) is 99.2 Å². The summed E-state index contributed by atoms with van der Waals surface area (Å²) < 4.78 is 35.1. The summed E-state index contributed by atoms with van der Waals surface area (Å²) in [5, 5.41) is 4.23. The van der Waals surface area contributed by atoms with Gasteiger partial charge < -0.3 is 10.5 Å². The number of hydrogen-bond acceptors (Lipinski definition) is 5. The van der Waals surface area contributed by atoms with Gasteiger partial charge in [-0.1, -0.05) is 13.8 Å². The molecule has 132 valence electrons. The second-order valence-corrected chi connectivity index (χ2v) is 8.65. The number of ether oxygens (including phenoxy) is 1. The molecule has 0 bridgehead atoms. The molecule has 1 atom stereocenters. The Morgan fingerprint density at radius 1 is 1.48 bits per heavy atom. The molecule has 1 aliphatic heterocycles. The molecule has 1 saturated heterocycles. The minimum absolute atomic E-state index is 0.187. The first-order valence-corrected chi connectivity index (χ1v) is 9.60. The third kappa shape index (κ3) is 4.76. The fourth-order valence-electron chi connectivity index (χ4n) is 3.06. The van der Waals surface area contributed by atoms with Crippen molar-refractivity contribution in [2.45, 2.75) is 56.5 Å². The summed E-state index contributed by atoms with van der Waals surface area (Å²) in [7, 11) is -3.64. The van der Waals surface area contributed by atoms with Gasteiger partial charge in [0, 0.05) is 31.5 Å². The second kappa shape index (κ2) is 7.29. The highest BCUT2D eigenvalue weighted by molar-refractivity contribution is 7.89. The number of nitrogens with zero attached hydrogens (tertiary/aromatic N) is 2. The summed E-state index contributed by atoms with van der Waals surface area (Å²) in [4.78, 5) is 0.187. The third-order valence-electron chi connectivity index (χ3n) is 4.14. The van der Waals surface area contributed by atoms with Crippen LogP contribution in [0.2, 0.25) is 0 Å². The SMILES string of the molecule is CC(C)CC(C)(CN)NS(=O)(=O)c1cnn(C2CCOCC2)c1. The third-order valence-corrected chi connectivity index (χ3v) is 5.74. The first-order valence-electron chi connectivity index (χ1n) is 8.12. The zero-order chi connectivity index (χ0) is 17.1. The van der Waals surface area contributed by atoms with E-state index in [2.05, 4.69) is 9.82 Å². The average Bonchev–Trinajstić information content (AvgIpc) is 2.97. The highest BCUT2D eigenvalue weighted by atomic mass is 32.2. The number of hydrogen-bond donors (Lipinski definition) is 2. The number of rotatable bonds is 7. The van der Waals surface area contributed by atoms with Crippen LogP contribution in [0.4, 0.5) is 0 Å². The van der Waals surface area contributed by atoms with Crippen molar-refractivity contribution in [3.05, 3.63) is 12.4 Å². The van der Waals surface area contributed by atoms with E-state index >= 15 is 0 Å². The maximum Gasteiger partial charge on any atom is 0.244 e. The van der Waals surface area contributed by atoms with E-state index in [4.69, 9.17) is 10.5 Å². The van der Waals surface area contributed by atoms with Gasteiger partial charge in [0.2, 0.25) is 10.0 Å². The Hall–Kier alpha value is -0.960. The molecule has 0 radical (unpaired) electrons. The molecule has 0 saturated carbocycles. The Labute approximate surface area is 138 Å². The number of aromatic nitrogens is 2. The minimum atomic E-state index is -3.64. The molecule has 0 aromatic carbocycles. The summed E-state index contributed by atoms with van der Waals surface area (Å²) in [5.41, 5.74) is 5.14. The van der Waals surface area contributed by atoms with Crippen molar-refractivity contribution < 1.29 is 13.2 Å². The van der Waals surface area contributed by atoms with Gasteiger partial charge in [0.15, 0.2) is 0 Å². The first-order chi connectivity index (χ1) is 10.8. The van der Waals surface area contributed by atoms with E-state index in [1.807, 2.05) is 20.8 Å². The van der Waals surface area contributed by atoms with Gasteiger partial charge in [-0.3, -0.25) is 4.68 Å². The van der Waals surface area contributed by atoms with Crippen molar-refractivity contribution in [1.82, 2.24) is 14.5 Å². The second-order valence-electron chi connectivity index (χ2n) is 6.97. The number of nitrogens with one attached hydrogen (secondary N) is 1. The summed E-state index contributed by atoms with van der Waals surface area (Å²) in [5.74, 6) is 0.344. The van der Waals surface area contributed by atoms with E-state index in [1.54, 1.807) is 10.9 Å². The largest absolute Gasteiger partial charge is 0.381 e. The zero-order valence-corrected chi connectivity index (χ0v) is 15.0. The lowest BCUT2D eigenvalue weighted by atomic mass is 9.92. The van der Waals surface area contributed by atoms with Gasteiger partial charge in [0.05, 0.1) is 12.2 Å². The van der Waals surface area contributed by atoms with Gasteiger partial charge >= 0.3 is 0 Å². The Kier molecular flexibility index (Phi) is 5.83.